The molecule has 1 saturated heterocycles. The van der Waals surface area contributed by atoms with E-state index in [0.717, 1.165) is 5.69 Å². The number of benzene rings is 2. The van der Waals surface area contributed by atoms with Gasteiger partial charge in [-0.15, -0.1) is 0 Å². The number of thiocarbonyl (C=S) groups is 1. The van der Waals surface area contributed by atoms with E-state index in [9.17, 15) is 10.1 Å². The van der Waals surface area contributed by atoms with Crippen molar-refractivity contribution in [1.82, 2.24) is 10.3 Å². The molecule has 10 heteroatoms. The molecule has 5 rings (SSSR count). The molecule has 182 valence electrons. The van der Waals surface area contributed by atoms with Crippen LogP contribution in [-0.4, -0.2) is 29.2 Å². The van der Waals surface area contributed by atoms with E-state index in [1.165, 1.54) is 6.07 Å². The Hall–Kier alpha value is -4.44. The minimum atomic E-state index is -0.453. The number of furan rings is 1. The molecule has 0 bridgehead atoms. The second kappa shape index (κ2) is 9.67. The summed E-state index contributed by atoms with van der Waals surface area (Å²) < 4.78 is 17.3. The molecule has 1 fully saturated rings. The minimum Gasteiger partial charge on any atom is -0.497 e. The molecule has 2 unspecified atom stereocenters. The Morgan fingerprint density at radius 3 is 2.58 bits per heavy atom. The number of methoxy groups -OCH3 is 2. The summed E-state index contributed by atoms with van der Waals surface area (Å²) in [7, 11) is 3.17. The molecule has 0 aliphatic carbocycles. The van der Waals surface area contributed by atoms with E-state index < -0.39 is 11.0 Å². The van der Waals surface area contributed by atoms with Gasteiger partial charge in [-0.3, -0.25) is 15.1 Å². The molecular weight excluding hydrogens is 480 g/mol. The van der Waals surface area contributed by atoms with Crippen molar-refractivity contribution >= 4 is 28.7 Å². The molecule has 0 saturated carbocycles. The predicted molar refractivity (Wildman–Crippen MR) is 138 cm³/mol. The number of nitro benzene ring substituents is 1. The molecular formula is C26H22N4O5S. The summed E-state index contributed by atoms with van der Waals surface area (Å²) in [6.45, 7) is 0. The molecule has 2 aromatic carbocycles. The molecule has 0 spiro atoms. The van der Waals surface area contributed by atoms with E-state index in [1.54, 1.807) is 50.7 Å². The van der Waals surface area contributed by atoms with E-state index in [-0.39, 0.29) is 11.7 Å². The number of pyridine rings is 1. The van der Waals surface area contributed by atoms with Gasteiger partial charge in [-0.05, 0) is 54.7 Å². The number of aromatic nitrogens is 1. The number of ether oxygens (including phenoxy) is 2. The Morgan fingerprint density at radius 2 is 1.86 bits per heavy atom. The lowest BCUT2D eigenvalue weighted by Gasteiger charge is -2.27. The fourth-order valence-electron chi connectivity index (χ4n) is 4.38. The van der Waals surface area contributed by atoms with Crippen LogP contribution in [0.3, 0.4) is 0 Å². The lowest BCUT2D eigenvalue weighted by atomic mass is 10.0. The zero-order chi connectivity index (χ0) is 25.2. The number of hydrogen-bond acceptors (Lipinski definition) is 7. The van der Waals surface area contributed by atoms with Gasteiger partial charge in [-0.2, -0.15) is 0 Å². The second-order valence-electron chi connectivity index (χ2n) is 8.01. The van der Waals surface area contributed by atoms with Crippen molar-refractivity contribution in [2.24, 2.45) is 0 Å². The van der Waals surface area contributed by atoms with Gasteiger partial charge in [0, 0.05) is 18.3 Å². The maximum absolute atomic E-state index is 11.6. The summed E-state index contributed by atoms with van der Waals surface area (Å²) in [5.74, 6) is 2.15. The first-order valence-corrected chi connectivity index (χ1v) is 11.5. The van der Waals surface area contributed by atoms with Crippen LogP contribution in [-0.2, 0) is 0 Å². The van der Waals surface area contributed by atoms with E-state index in [0.29, 0.717) is 39.4 Å². The highest BCUT2D eigenvalue weighted by atomic mass is 32.1. The molecule has 0 amide bonds. The van der Waals surface area contributed by atoms with E-state index >= 15 is 0 Å². The standard InChI is InChI=1S/C26H22N4O5S/c1-33-16-10-11-20(23(15-16)34-2)29-25(24(28-26(29)36)18-8-5-6-14-27-18)22-13-12-21(35-22)17-7-3-4-9-19(17)30(31)32/h3-15,24-25H,1-2H3,(H,28,36). The van der Waals surface area contributed by atoms with Gasteiger partial charge in [0.2, 0.25) is 0 Å². The van der Waals surface area contributed by atoms with Gasteiger partial charge in [0.15, 0.2) is 5.11 Å². The lowest BCUT2D eigenvalue weighted by Crippen LogP contribution is -2.29. The molecule has 2 atom stereocenters. The average Bonchev–Trinajstić information content (AvgIpc) is 3.53. The van der Waals surface area contributed by atoms with Gasteiger partial charge in [0.25, 0.3) is 5.69 Å². The van der Waals surface area contributed by atoms with E-state index in [4.69, 9.17) is 26.1 Å². The third-order valence-electron chi connectivity index (χ3n) is 6.03. The maximum Gasteiger partial charge on any atom is 0.280 e. The molecule has 1 aliphatic rings. The molecule has 0 radical (unpaired) electrons. The average molecular weight is 503 g/mol. The molecule has 3 heterocycles. The highest BCUT2D eigenvalue weighted by Crippen LogP contribution is 2.46. The first-order chi connectivity index (χ1) is 17.5. The third kappa shape index (κ3) is 4.11. The Labute approximate surface area is 212 Å². The van der Waals surface area contributed by atoms with Crippen LogP contribution in [0.1, 0.15) is 23.5 Å². The Kier molecular flexibility index (Phi) is 6.26. The van der Waals surface area contributed by atoms with Crippen LogP contribution in [0.5, 0.6) is 11.5 Å². The first kappa shape index (κ1) is 23.3. The highest BCUT2D eigenvalue weighted by Gasteiger charge is 2.43. The van der Waals surface area contributed by atoms with Gasteiger partial charge < -0.3 is 24.1 Å². The summed E-state index contributed by atoms with van der Waals surface area (Å²) in [6, 6.07) is 20.4. The quantitative estimate of drug-likeness (QED) is 0.201. The van der Waals surface area contributed by atoms with Gasteiger partial charge in [0.1, 0.15) is 29.1 Å². The summed E-state index contributed by atoms with van der Waals surface area (Å²) >= 11 is 5.77. The van der Waals surface area contributed by atoms with Gasteiger partial charge in [-0.1, -0.05) is 18.2 Å². The lowest BCUT2D eigenvalue weighted by molar-refractivity contribution is -0.384. The number of para-hydroxylation sites is 1. The SMILES string of the molecule is COc1ccc(N2C(=S)NC(c3ccccn3)C2c2ccc(-c3ccccc3[N+](=O)[O-])o2)c(OC)c1. The smallest absolute Gasteiger partial charge is 0.280 e. The van der Waals surface area contributed by atoms with Gasteiger partial charge in [0.05, 0.1) is 42.1 Å². The van der Waals surface area contributed by atoms with Gasteiger partial charge in [-0.25, -0.2) is 0 Å². The number of nitrogens with zero attached hydrogens (tertiary/aromatic N) is 3. The van der Waals surface area contributed by atoms with Gasteiger partial charge >= 0.3 is 0 Å². The maximum atomic E-state index is 11.6. The minimum absolute atomic E-state index is 0.0339. The van der Waals surface area contributed by atoms with Crippen LogP contribution >= 0.6 is 12.2 Å². The molecule has 1 N–H and O–H groups in total. The van der Waals surface area contributed by atoms with Crippen LogP contribution in [0.15, 0.2) is 83.4 Å². The topological polar surface area (TPSA) is 103 Å². The van der Waals surface area contributed by atoms with Crippen molar-refractivity contribution in [3.05, 3.63) is 101 Å². The number of hydrogen-bond donors (Lipinski definition) is 1. The van der Waals surface area contributed by atoms with Crippen molar-refractivity contribution in [2.45, 2.75) is 12.1 Å². The summed E-state index contributed by atoms with van der Waals surface area (Å²) in [6.07, 6.45) is 1.72. The van der Waals surface area contributed by atoms with E-state index in [2.05, 4.69) is 10.3 Å². The van der Waals surface area contributed by atoms with E-state index in [1.807, 2.05) is 41.3 Å². The summed E-state index contributed by atoms with van der Waals surface area (Å²) in [4.78, 5) is 17.6. The number of nitro groups is 1. The Bertz CT molecular complexity index is 1420. The first-order valence-electron chi connectivity index (χ1n) is 11.1. The predicted octanol–water partition coefficient (Wildman–Crippen LogP) is 5.44. The summed E-state index contributed by atoms with van der Waals surface area (Å²) in [5, 5.41) is 15.4. The molecule has 9 nitrogen and oxygen atoms in total. The molecule has 1 aliphatic heterocycles. The Morgan fingerprint density at radius 1 is 1.06 bits per heavy atom. The third-order valence-corrected chi connectivity index (χ3v) is 6.34. The number of nitrogens with one attached hydrogen (secondary N) is 1. The highest BCUT2D eigenvalue weighted by molar-refractivity contribution is 7.80. The Balaban J connectivity index is 1.64. The fourth-order valence-corrected chi connectivity index (χ4v) is 4.72. The monoisotopic (exact) mass is 502 g/mol. The van der Waals surface area contributed by atoms with Crippen LogP contribution in [0.4, 0.5) is 11.4 Å². The molecule has 2 aromatic heterocycles. The summed E-state index contributed by atoms with van der Waals surface area (Å²) in [5.41, 5.74) is 1.84. The van der Waals surface area contributed by atoms with Crippen molar-refractivity contribution in [2.75, 3.05) is 19.1 Å². The van der Waals surface area contributed by atoms with Crippen molar-refractivity contribution in [1.29, 1.82) is 0 Å². The zero-order valence-electron chi connectivity index (χ0n) is 19.5. The largest absolute Gasteiger partial charge is 0.497 e. The fraction of sp³-hybridized carbons (Fsp3) is 0.154. The number of anilines is 1. The van der Waals surface area contributed by atoms with Crippen LogP contribution in [0.2, 0.25) is 0 Å². The zero-order valence-corrected chi connectivity index (χ0v) is 20.3. The van der Waals surface area contributed by atoms with Crippen molar-refractivity contribution in [3.63, 3.8) is 0 Å². The number of rotatable bonds is 7. The normalized spacial score (nSPS) is 17.1. The van der Waals surface area contributed by atoms with Crippen LogP contribution in [0, 0.1) is 10.1 Å². The molecule has 4 aromatic rings. The molecule has 36 heavy (non-hydrogen) atoms. The van der Waals surface area contributed by atoms with Crippen molar-refractivity contribution in [3.8, 4) is 22.8 Å². The van der Waals surface area contributed by atoms with Crippen LogP contribution < -0.4 is 19.7 Å². The van der Waals surface area contributed by atoms with Crippen molar-refractivity contribution < 1.29 is 18.8 Å². The second-order valence-corrected chi connectivity index (χ2v) is 8.40. The van der Waals surface area contributed by atoms with Crippen LogP contribution in [0.25, 0.3) is 11.3 Å².